The first-order valence-corrected chi connectivity index (χ1v) is 13.2. The van der Waals surface area contributed by atoms with Gasteiger partial charge in [-0.2, -0.15) is 4.99 Å². The second-order valence-corrected chi connectivity index (χ2v) is 7.85. The molecule has 1 aromatic carbocycles. The van der Waals surface area contributed by atoms with Gasteiger partial charge in [-0.15, -0.1) is 0 Å². The van der Waals surface area contributed by atoms with E-state index in [-0.39, 0.29) is 37.9 Å². The number of amides is 1. The third-order valence-corrected chi connectivity index (χ3v) is 4.31. The van der Waals surface area contributed by atoms with Crippen LogP contribution in [-0.2, 0) is 23.9 Å². The van der Waals surface area contributed by atoms with E-state index in [9.17, 15) is 9.59 Å². The minimum Gasteiger partial charge on any atom is -0.462 e. The van der Waals surface area contributed by atoms with Gasteiger partial charge in [0.2, 0.25) is 6.41 Å². The number of nitrogens with two attached hydrogens (primary N) is 3. The van der Waals surface area contributed by atoms with Crippen molar-refractivity contribution in [3.8, 4) is 0 Å². The summed E-state index contributed by atoms with van der Waals surface area (Å²) in [5.74, 6) is -0.318. The molecule has 2 atom stereocenters. The molecule has 0 aliphatic carbocycles. The zero-order chi connectivity index (χ0) is 32.5. The summed E-state index contributed by atoms with van der Waals surface area (Å²) in [6.07, 6.45) is 9.32. The van der Waals surface area contributed by atoms with Gasteiger partial charge >= 0.3 is 5.97 Å². The lowest BCUT2D eigenvalue weighted by molar-refractivity contribution is -0.147. The van der Waals surface area contributed by atoms with Gasteiger partial charge in [-0.05, 0) is 39.7 Å². The number of ether oxygens (including phenoxy) is 2. The molecule has 0 spiro atoms. The molecule has 0 saturated carbocycles. The number of rotatable bonds is 9. The number of aliphatic hydroxyl groups is 1. The number of aliphatic imine (C=N–C) groups is 1. The third-order valence-electron chi connectivity index (χ3n) is 4.31. The second kappa shape index (κ2) is 34.4. The van der Waals surface area contributed by atoms with Crippen LogP contribution in [0.2, 0.25) is 0 Å². The fourth-order valence-corrected chi connectivity index (χ4v) is 2.52. The number of allylic oxidation sites excluding steroid dienone is 3. The molecular formula is C30H53N5O6. The number of carbonyl (C=O) groups is 3. The predicted molar refractivity (Wildman–Crippen MR) is 168 cm³/mol. The van der Waals surface area contributed by atoms with Crippen molar-refractivity contribution in [3.05, 3.63) is 72.5 Å². The maximum atomic E-state index is 10.9. The van der Waals surface area contributed by atoms with Crippen LogP contribution in [0, 0.1) is 6.92 Å². The SMILES string of the molecule is C=CC=C(C)C.CC.CN(/C=C\C(N)=NC=O)C1CCC(COC(=O)CN)O1.CO.Cc1ccccc1.NCC=O. The molecule has 0 aromatic heterocycles. The van der Waals surface area contributed by atoms with E-state index in [0.717, 1.165) is 20.0 Å². The number of aldehydes is 1. The number of benzene rings is 1. The van der Waals surface area contributed by atoms with Crippen molar-refractivity contribution in [2.24, 2.45) is 22.2 Å². The first-order valence-electron chi connectivity index (χ1n) is 13.2. The Kier molecular flexibility index (Phi) is 37.2. The Morgan fingerprint density at radius 1 is 1.17 bits per heavy atom. The van der Waals surface area contributed by atoms with Crippen molar-refractivity contribution in [3.63, 3.8) is 0 Å². The number of hydrogen-bond acceptors (Lipinski definition) is 9. The van der Waals surface area contributed by atoms with Gasteiger partial charge in [-0.3, -0.25) is 9.59 Å². The highest BCUT2D eigenvalue weighted by molar-refractivity contribution is 5.95. The van der Waals surface area contributed by atoms with E-state index in [4.69, 9.17) is 30.8 Å². The van der Waals surface area contributed by atoms with Crippen LogP contribution in [0.15, 0.2) is 71.9 Å². The average molecular weight is 580 g/mol. The fraction of sp³-hybridized carbons (Fsp3) is 0.467. The van der Waals surface area contributed by atoms with E-state index in [0.29, 0.717) is 12.7 Å². The van der Waals surface area contributed by atoms with Crippen molar-refractivity contribution in [2.45, 2.75) is 59.8 Å². The number of aliphatic hydroxyl groups excluding tert-OH is 1. The number of hydrogen-bond donors (Lipinski definition) is 4. The van der Waals surface area contributed by atoms with Crippen LogP contribution in [0.4, 0.5) is 0 Å². The van der Waals surface area contributed by atoms with Crippen LogP contribution in [0.3, 0.4) is 0 Å². The van der Waals surface area contributed by atoms with Crippen molar-refractivity contribution in [1.29, 1.82) is 0 Å². The summed E-state index contributed by atoms with van der Waals surface area (Å²) in [6.45, 7) is 13.9. The van der Waals surface area contributed by atoms with Gasteiger partial charge in [0, 0.05) is 26.9 Å². The van der Waals surface area contributed by atoms with Gasteiger partial charge in [-0.1, -0.05) is 74.0 Å². The molecular weight excluding hydrogens is 526 g/mol. The molecule has 2 unspecified atom stereocenters. The summed E-state index contributed by atoms with van der Waals surface area (Å²) >= 11 is 0. The van der Waals surface area contributed by atoms with E-state index in [2.05, 4.69) is 36.4 Å². The van der Waals surface area contributed by atoms with E-state index >= 15 is 0 Å². The topological polar surface area (TPSA) is 184 Å². The molecule has 1 amide bonds. The van der Waals surface area contributed by atoms with Crippen molar-refractivity contribution >= 4 is 24.5 Å². The number of carbonyl (C=O) groups excluding carboxylic acids is 3. The Balaban J connectivity index is -0.000000265. The highest BCUT2D eigenvalue weighted by Crippen LogP contribution is 2.22. The molecule has 1 saturated heterocycles. The van der Waals surface area contributed by atoms with Crippen molar-refractivity contribution < 1.29 is 29.0 Å². The van der Waals surface area contributed by atoms with Crippen LogP contribution in [-0.4, -0.2) is 80.7 Å². The van der Waals surface area contributed by atoms with Crippen LogP contribution < -0.4 is 17.2 Å². The van der Waals surface area contributed by atoms with Gasteiger partial charge in [0.05, 0.1) is 12.6 Å². The fourth-order valence-electron chi connectivity index (χ4n) is 2.52. The lowest BCUT2D eigenvalue weighted by Crippen LogP contribution is -2.29. The molecule has 11 heteroatoms. The zero-order valence-electron chi connectivity index (χ0n) is 25.9. The van der Waals surface area contributed by atoms with Crippen LogP contribution >= 0.6 is 0 Å². The molecule has 1 aliphatic rings. The smallest absolute Gasteiger partial charge is 0.319 e. The van der Waals surface area contributed by atoms with E-state index in [1.54, 1.807) is 12.3 Å². The molecule has 1 aliphatic heterocycles. The Morgan fingerprint density at radius 3 is 2.10 bits per heavy atom. The molecule has 0 radical (unpaired) electrons. The molecule has 0 bridgehead atoms. The summed E-state index contributed by atoms with van der Waals surface area (Å²) < 4.78 is 10.6. The molecule has 1 heterocycles. The lowest BCUT2D eigenvalue weighted by Gasteiger charge is -2.22. The van der Waals surface area contributed by atoms with Crippen molar-refractivity contribution in [1.82, 2.24) is 4.90 Å². The summed E-state index contributed by atoms with van der Waals surface area (Å²) in [7, 11) is 2.82. The first-order chi connectivity index (χ1) is 19.6. The standard InChI is InChI=1S/C12H20N4O4.C7H8.C6H10.C2H5NO.C2H6.CH4O/c1-16(5-4-10(14)15-8-17)11-3-2-9(20-11)7-19-12(18)6-13;1-7-5-3-2-4-6-7;1-4-5-6(2)3;3-1-2-4;2*1-2/h4-5,8-9,11H,2-3,6-7,13H2,1H3,(H2,14,15,17);2-6H,1H3;4-5H,1H2,2-3H3;2H,1,3H2;1-2H3;2H,1H3/b5-4-;;;;;. The molecule has 1 aromatic rings. The van der Waals surface area contributed by atoms with Gasteiger partial charge in [0.1, 0.15) is 25.0 Å². The summed E-state index contributed by atoms with van der Waals surface area (Å²) in [6, 6.07) is 10.3. The molecule has 11 nitrogen and oxygen atoms in total. The number of amidine groups is 1. The van der Waals surface area contributed by atoms with E-state index in [1.165, 1.54) is 17.2 Å². The Bertz CT molecular complexity index is 856. The predicted octanol–water partition coefficient (Wildman–Crippen LogP) is 2.86. The normalized spacial score (nSPS) is 14.6. The Hall–Kier alpha value is -3.64. The highest BCUT2D eigenvalue weighted by Gasteiger charge is 2.27. The average Bonchev–Trinajstić information content (AvgIpc) is 3.47. The summed E-state index contributed by atoms with van der Waals surface area (Å²) in [4.78, 5) is 35.3. The lowest BCUT2D eigenvalue weighted by atomic mass is 10.2. The summed E-state index contributed by atoms with van der Waals surface area (Å²) in [5, 5.41) is 7.00. The molecule has 234 valence electrons. The van der Waals surface area contributed by atoms with Gasteiger partial charge in [-0.25, -0.2) is 0 Å². The number of esters is 1. The second-order valence-electron chi connectivity index (χ2n) is 7.85. The first kappa shape index (κ1) is 44.4. The highest BCUT2D eigenvalue weighted by atomic mass is 16.6. The maximum absolute atomic E-state index is 10.9. The largest absolute Gasteiger partial charge is 0.462 e. The molecule has 7 N–H and O–H groups in total. The van der Waals surface area contributed by atoms with E-state index < -0.39 is 5.97 Å². The zero-order valence-corrected chi connectivity index (χ0v) is 25.9. The van der Waals surface area contributed by atoms with Gasteiger partial charge in [0.25, 0.3) is 0 Å². The number of aryl methyl sites for hydroxylation is 1. The van der Waals surface area contributed by atoms with Crippen LogP contribution in [0.1, 0.15) is 46.1 Å². The molecule has 1 fully saturated rings. The number of nitrogens with zero attached hydrogens (tertiary/aromatic N) is 2. The molecule has 41 heavy (non-hydrogen) atoms. The Morgan fingerprint density at radius 2 is 1.73 bits per heavy atom. The quantitative estimate of drug-likeness (QED) is 0.111. The van der Waals surface area contributed by atoms with E-state index in [1.807, 2.05) is 63.9 Å². The van der Waals surface area contributed by atoms with Gasteiger partial charge < -0.3 is 41.5 Å². The monoisotopic (exact) mass is 579 g/mol. The maximum Gasteiger partial charge on any atom is 0.319 e. The van der Waals surface area contributed by atoms with Gasteiger partial charge in [0.15, 0.2) is 0 Å². The molecule has 2 rings (SSSR count). The van der Waals surface area contributed by atoms with Crippen molar-refractivity contribution in [2.75, 3.05) is 33.9 Å². The Labute approximate surface area is 246 Å². The summed E-state index contributed by atoms with van der Waals surface area (Å²) in [5.41, 5.74) is 17.9. The third kappa shape index (κ3) is 32.5. The van der Waals surface area contributed by atoms with Crippen LogP contribution in [0.5, 0.6) is 0 Å². The van der Waals surface area contributed by atoms with Crippen LogP contribution in [0.25, 0.3) is 0 Å². The minimum absolute atomic E-state index is 0.123. The minimum atomic E-state index is -0.442.